The first kappa shape index (κ1) is 25.4. The summed E-state index contributed by atoms with van der Waals surface area (Å²) < 4.78 is 52.8. The molecule has 1 atom stereocenters. The number of nitriles is 1. The average molecular weight is 508 g/mol. The molecule has 188 valence electrons. The predicted octanol–water partition coefficient (Wildman–Crippen LogP) is 5.95. The third-order valence-electron chi connectivity index (χ3n) is 5.46. The van der Waals surface area contributed by atoms with Crippen LogP contribution in [0.15, 0.2) is 66.7 Å². The predicted molar refractivity (Wildman–Crippen MR) is 131 cm³/mol. The van der Waals surface area contributed by atoms with Gasteiger partial charge in [0, 0.05) is 28.9 Å². The Hall–Kier alpha value is -4.72. The highest BCUT2D eigenvalue weighted by Gasteiger charge is 2.34. The monoisotopic (exact) mass is 508 g/mol. The molecule has 0 aliphatic heterocycles. The Bertz CT molecular complexity index is 1480. The quantitative estimate of drug-likeness (QED) is 0.280. The van der Waals surface area contributed by atoms with Gasteiger partial charge >= 0.3 is 12.2 Å². The Labute approximate surface area is 209 Å². The molecule has 0 saturated heterocycles. The zero-order chi connectivity index (χ0) is 26.6. The second-order valence-corrected chi connectivity index (χ2v) is 8.20. The molecule has 11 heteroatoms. The summed E-state index contributed by atoms with van der Waals surface area (Å²) in [5.41, 5.74) is 0.120. The molecule has 0 spiro atoms. The van der Waals surface area contributed by atoms with E-state index in [0.29, 0.717) is 23.1 Å². The lowest BCUT2D eigenvalue weighted by molar-refractivity contribution is -0.137. The zero-order valence-electron chi connectivity index (χ0n) is 19.4. The van der Waals surface area contributed by atoms with Crippen molar-refractivity contribution in [3.63, 3.8) is 0 Å². The van der Waals surface area contributed by atoms with Gasteiger partial charge in [-0.1, -0.05) is 36.4 Å². The second-order valence-electron chi connectivity index (χ2n) is 8.20. The van der Waals surface area contributed by atoms with E-state index in [4.69, 9.17) is 5.26 Å². The van der Waals surface area contributed by atoms with Gasteiger partial charge in [0.25, 0.3) is 0 Å². The highest BCUT2D eigenvalue weighted by Crippen LogP contribution is 2.35. The van der Waals surface area contributed by atoms with Crippen molar-refractivity contribution >= 4 is 28.3 Å². The molecule has 3 aromatic carbocycles. The second kappa shape index (κ2) is 10.5. The molecule has 0 fully saturated rings. The topological polar surface area (TPSA) is 103 Å². The summed E-state index contributed by atoms with van der Waals surface area (Å²) in [6, 6.07) is 17.1. The molecule has 37 heavy (non-hydrogen) atoms. The van der Waals surface area contributed by atoms with Crippen LogP contribution in [0.4, 0.5) is 33.9 Å². The Morgan fingerprint density at radius 2 is 1.73 bits per heavy atom. The number of rotatable bonds is 6. The van der Waals surface area contributed by atoms with E-state index in [-0.39, 0.29) is 6.54 Å². The molecule has 0 saturated carbocycles. The lowest BCUT2D eigenvalue weighted by atomic mass is 10.0. The fourth-order valence-corrected chi connectivity index (χ4v) is 3.69. The number of fused-ring (bicyclic) bond motifs is 1. The van der Waals surface area contributed by atoms with Gasteiger partial charge in [0.1, 0.15) is 11.5 Å². The van der Waals surface area contributed by atoms with E-state index in [0.717, 1.165) is 28.5 Å². The minimum absolute atomic E-state index is 0.192. The largest absolute Gasteiger partial charge is 0.418 e. The molecule has 4 rings (SSSR count). The highest BCUT2D eigenvalue weighted by molar-refractivity contribution is 6.00. The van der Waals surface area contributed by atoms with Crippen molar-refractivity contribution < 1.29 is 22.4 Å². The third kappa shape index (κ3) is 5.92. The number of hydrogen-bond donors (Lipinski definition) is 3. The van der Waals surface area contributed by atoms with E-state index in [1.54, 1.807) is 31.2 Å². The van der Waals surface area contributed by atoms with Gasteiger partial charge in [-0.15, -0.1) is 10.2 Å². The van der Waals surface area contributed by atoms with E-state index in [1.807, 2.05) is 24.3 Å². The number of nitrogens with zero attached hydrogens (tertiary/aromatic N) is 3. The number of urea groups is 1. The number of amides is 2. The van der Waals surface area contributed by atoms with Crippen molar-refractivity contribution in [2.75, 3.05) is 17.2 Å². The third-order valence-corrected chi connectivity index (χ3v) is 5.46. The average Bonchev–Trinajstić information content (AvgIpc) is 2.87. The number of carbonyl (C=O) groups is 1. The number of alkyl halides is 3. The first-order chi connectivity index (χ1) is 17.7. The van der Waals surface area contributed by atoms with Gasteiger partial charge in [-0.25, -0.2) is 9.18 Å². The molecule has 3 N–H and O–H groups in total. The summed E-state index contributed by atoms with van der Waals surface area (Å²) in [4.78, 5) is 12.3. The van der Waals surface area contributed by atoms with Gasteiger partial charge in [0.05, 0.1) is 22.9 Å². The minimum atomic E-state index is -4.83. The van der Waals surface area contributed by atoms with E-state index in [9.17, 15) is 22.4 Å². The molecule has 0 radical (unpaired) electrons. The Morgan fingerprint density at radius 1 is 1.03 bits per heavy atom. The summed E-state index contributed by atoms with van der Waals surface area (Å²) in [6.07, 6.45) is -4.83. The molecule has 2 amide bonds. The van der Waals surface area contributed by atoms with Gasteiger partial charge in [-0.05, 0) is 37.3 Å². The van der Waals surface area contributed by atoms with Gasteiger partial charge in [0.2, 0.25) is 0 Å². The van der Waals surface area contributed by atoms with Crippen LogP contribution in [0.2, 0.25) is 0 Å². The summed E-state index contributed by atoms with van der Waals surface area (Å²) in [6.45, 7) is 1.85. The number of nitrogens with one attached hydrogen (secondary N) is 3. The molecular formula is C26H20F4N6O. The number of halogens is 4. The molecule has 1 heterocycles. The van der Waals surface area contributed by atoms with Crippen molar-refractivity contribution in [3.8, 4) is 17.3 Å². The van der Waals surface area contributed by atoms with Gasteiger partial charge < -0.3 is 16.0 Å². The summed E-state index contributed by atoms with van der Waals surface area (Å²) in [5, 5.41) is 27.0. The van der Waals surface area contributed by atoms with E-state index in [1.165, 1.54) is 0 Å². The van der Waals surface area contributed by atoms with Crippen LogP contribution in [0, 0.1) is 17.1 Å². The first-order valence-electron chi connectivity index (χ1n) is 11.1. The molecule has 0 bridgehead atoms. The van der Waals surface area contributed by atoms with Crippen molar-refractivity contribution in [1.29, 1.82) is 5.26 Å². The van der Waals surface area contributed by atoms with Crippen LogP contribution in [0.25, 0.3) is 22.0 Å². The standard InChI is InChI=1S/C26H20F4N6O/c1-15(33-25(37)34-22-11-10-18(27)12-21(22)26(28,29)30)14-32-24-20-5-3-2-4-19(20)23(35-36-24)17-8-6-16(13-31)7-9-17/h2-12,15H,14H2,1H3,(H,32,36)(H2,33,34,37)/t15-/m0/s1. The van der Waals surface area contributed by atoms with Crippen LogP contribution < -0.4 is 16.0 Å². The van der Waals surface area contributed by atoms with Crippen LogP contribution in [-0.4, -0.2) is 28.8 Å². The first-order valence-corrected chi connectivity index (χ1v) is 11.1. The molecule has 4 aromatic rings. The van der Waals surface area contributed by atoms with E-state index >= 15 is 0 Å². The van der Waals surface area contributed by atoms with Gasteiger partial charge in [0.15, 0.2) is 5.82 Å². The maximum absolute atomic E-state index is 13.3. The number of anilines is 2. The highest BCUT2D eigenvalue weighted by atomic mass is 19.4. The van der Waals surface area contributed by atoms with Crippen LogP contribution in [0.3, 0.4) is 0 Å². The smallest absolute Gasteiger partial charge is 0.366 e. The van der Waals surface area contributed by atoms with Crippen molar-refractivity contribution in [2.45, 2.75) is 19.1 Å². The number of hydrogen-bond acceptors (Lipinski definition) is 5. The van der Waals surface area contributed by atoms with Crippen LogP contribution in [-0.2, 0) is 6.18 Å². The summed E-state index contributed by atoms with van der Waals surface area (Å²) in [5.74, 6) is -0.602. The normalized spacial score (nSPS) is 12.0. The SMILES string of the molecule is C[C@@H](CNc1nnc(-c2ccc(C#N)cc2)c2ccccc12)NC(=O)Nc1ccc(F)cc1C(F)(F)F. The van der Waals surface area contributed by atoms with Crippen molar-refractivity contribution in [3.05, 3.63) is 83.7 Å². The fraction of sp³-hybridized carbons (Fsp3) is 0.154. The molecule has 7 nitrogen and oxygen atoms in total. The van der Waals surface area contributed by atoms with Crippen LogP contribution >= 0.6 is 0 Å². The molecule has 0 aliphatic rings. The molecule has 0 unspecified atom stereocenters. The van der Waals surface area contributed by atoms with Gasteiger partial charge in [-0.2, -0.15) is 18.4 Å². The summed E-state index contributed by atoms with van der Waals surface area (Å²) in [7, 11) is 0. The Kier molecular flexibility index (Phi) is 7.20. The number of benzene rings is 3. The van der Waals surface area contributed by atoms with Crippen LogP contribution in [0.5, 0.6) is 0 Å². The molecule has 1 aromatic heterocycles. The Morgan fingerprint density at radius 3 is 2.41 bits per heavy atom. The van der Waals surface area contributed by atoms with Crippen LogP contribution in [0.1, 0.15) is 18.1 Å². The summed E-state index contributed by atoms with van der Waals surface area (Å²) >= 11 is 0. The fourth-order valence-electron chi connectivity index (χ4n) is 3.69. The zero-order valence-corrected chi connectivity index (χ0v) is 19.4. The van der Waals surface area contributed by atoms with E-state index in [2.05, 4.69) is 32.2 Å². The lowest BCUT2D eigenvalue weighted by Crippen LogP contribution is -2.40. The number of carbonyl (C=O) groups excluding carboxylic acids is 1. The molecule has 0 aliphatic carbocycles. The van der Waals surface area contributed by atoms with Crippen molar-refractivity contribution in [1.82, 2.24) is 15.5 Å². The maximum atomic E-state index is 13.3. The Balaban J connectivity index is 1.45. The number of aromatic nitrogens is 2. The maximum Gasteiger partial charge on any atom is 0.418 e. The minimum Gasteiger partial charge on any atom is -0.366 e. The molecular weight excluding hydrogens is 488 g/mol. The van der Waals surface area contributed by atoms with Crippen molar-refractivity contribution in [2.24, 2.45) is 0 Å². The van der Waals surface area contributed by atoms with E-state index < -0.39 is 35.3 Å². The van der Waals surface area contributed by atoms with Gasteiger partial charge in [-0.3, -0.25) is 0 Å². The lowest BCUT2D eigenvalue weighted by Gasteiger charge is -2.18.